The van der Waals surface area contributed by atoms with E-state index in [2.05, 4.69) is 6.92 Å². The minimum atomic E-state index is -1.09. The van der Waals surface area contributed by atoms with Crippen molar-refractivity contribution >= 4 is 11.9 Å². The highest BCUT2D eigenvalue weighted by atomic mass is 16.4. The number of unbranched alkanes of at least 4 members (excludes halogenated alkanes) is 7. The Morgan fingerprint density at radius 2 is 1.47 bits per heavy atom. The zero-order valence-electron chi connectivity index (χ0n) is 12.2. The number of carbonyl (C=O) groups is 2. The number of likely N-dealkylation sites (N-methyl/N-ethyl adjacent to an activating group) is 1. The van der Waals surface area contributed by atoms with Gasteiger partial charge in [-0.3, -0.25) is 4.79 Å². The highest BCUT2D eigenvalue weighted by Gasteiger charge is 2.04. The van der Waals surface area contributed by atoms with Gasteiger partial charge in [0.25, 0.3) is 0 Å². The fourth-order valence-electron chi connectivity index (χ4n) is 1.86. The second-order valence-electron chi connectivity index (χ2n) is 4.91. The van der Waals surface area contributed by atoms with E-state index in [9.17, 15) is 9.59 Å². The molecule has 110 valence electrons. The lowest BCUT2D eigenvalue weighted by Crippen LogP contribution is -2.26. The van der Waals surface area contributed by atoms with Crippen molar-refractivity contribution in [3.05, 3.63) is 12.2 Å². The molecule has 4 heteroatoms. The Hall–Kier alpha value is -1.32. The molecule has 0 atom stereocenters. The summed E-state index contributed by atoms with van der Waals surface area (Å²) in [7, 11) is 1.70. The van der Waals surface area contributed by atoms with E-state index in [0.29, 0.717) is 6.54 Å². The highest BCUT2D eigenvalue weighted by molar-refractivity contribution is 5.93. The third-order valence-electron chi connectivity index (χ3n) is 3.09. The Morgan fingerprint density at radius 1 is 0.947 bits per heavy atom. The molecule has 0 aliphatic carbocycles. The molecule has 0 unspecified atom stereocenters. The lowest BCUT2D eigenvalue weighted by Gasteiger charge is -2.14. The Balaban J connectivity index is 3.50. The monoisotopic (exact) mass is 269 g/mol. The molecular formula is C15H27NO3. The molecule has 0 bridgehead atoms. The van der Waals surface area contributed by atoms with Crippen molar-refractivity contribution in [3.63, 3.8) is 0 Å². The summed E-state index contributed by atoms with van der Waals surface area (Å²) in [4.78, 5) is 23.3. The van der Waals surface area contributed by atoms with Crippen LogP contribution in [0.15, 0.2) is 12.2 Å². The first kappa shape index (κ1) is 17.7. The van der Waals surface area contributed by atoms with Crippen LogP contribution in [-0.4, -0.2) is 35.5 Å². The minimum Gasteiger partial charge on any atom is -0.478 e. The van der Waals surface area contributed by atoms with Crippen LogP contribution in [0.25, 0.3) is 0 Å². The molecule has 0 aliphatic heterocycles. The molecule has 0 aromatic heterocycles. The maximum atomic E-state index is 11.5. The quantitative estimate of drug-likeness (QED) is 0.463. The van der Waals surface area contributed by atoms with Crippen molar-refractivity contribution in [2.45, 2.75) is 58.3 Å². The number of aliphatic carboxylic acids is 1. The van der Waals surface area contributed by atoms with E-state index >= 15 is 0 Å². The number of hydrogen-bond acceptors (Lipinski definition) is 2. The van der Waals surface area contributed by atoms with Gasteiger partial charge in [0.05, 0.1) is 0 Å². The number of rotatable bonds is 11. The largest absolute Gasteiger partial charge is 0.478 e. The molecule has 0 aromatic carbocycles. The first-order valence-electron chi connectivity index (χ1n) is 7.24. The lowest BCUT2D eigenvalue weighted by atomic mass is 10.1. The van der Waals surface area contributed by atoms with Crippen LogP contribution in [0.2, 0.25) is 0 Å². The summed E-state index contributed by atoms with van der Waals surface area (Å²) in [5.41, 5.74) is 0. The molecule has 0 aromatic rings. The van der Waals surface area contributed by atoms with Crippen LogP contribution in [0.3, 0.4) is 0 Å². The molecular weight excluding hydrogens is 242 g/mol. The van der Waals surface area contributed by atoms with Crippen LogP contribution in [0.4, 0.5) is 0 Å². The first-order chi connectivity index (χ1) is 9.07. The molecule has 0 fully saturated rings. The summed E-state index contributed by atoms with van der Waals surface area (Å²) in [5.74, 6) is -1.33. The van der Waals surface area contributed by atoms with Crippen LogP contribution in [-0.2, 0) is 9.59 Å². The Morgan fingerprint density at radius 3 is 2.00 bits per heavy atom. The van der Waals surface area contributed by atoms with Crippen LogP contribution in [0.5, 0.6) is 0 Å². The fraction of sp³-hybridized carbons (Fsp3) is 0.733. The molecule has 0 spiro atoms. The van der Waals surface area contributed by atoms with Crippen molar-refractivity contribution in [2.75, 3.05) is 13.6 Å². The number of carboxylic acids is 1. The molecule has 19 heavy (non-hydrogen) atoms. The van der Waals surface area contributed by atoms with Gasteiger partial charge < -0.3 is 10.0 Å². The summed E-state index contributed by atoms with van der Waals surface area (Å²) in [6.45, 7) is 2.91. The zero-order valence-corrected chi connectivity index (χ0v) is 12.2. The summed E-state index contributed by atoms with van der Waals surface area (Å²) < 4.78 is 0. The minimum absolute atomic E-state index is 0.245. The van der Waals surface area contributed by atoms with E-state index in [1.807, 2.05) is 0 Å². The van der Waals surface area contributed by atoms with E-state index in [4.69, 9.17) is 5.11 Å². The van der Waals surface area contributed by atoms with Crippen molar-refractivity contribution in [2.24, 2.45) is 0 Å². The van der Waals surface area contributed by atoms with Crippen LogP contribution in [0.1, 0.15) is 58.3 Å². The van der Waals surface area contributed by atoms with Gasteiger partial charge in [0.15, 0.2) is 0 Å². The summed E-state index contributed by atoms with van der Waals surface area (Å²) in [6, 6.07) is 0. The number of hydrogen-bond donors (Lipinski definition) is 1. The molecule has 1 N–H and O–H groups in total. The van der Waals surface area contributed by atoms with Crippen molar-refractivity contribution in [1.29, 1.82) is 0 Å². The average molecular weight is 269 g/mol. The van der Waals surface area contributed by atoms with Gasteiger partial charge >= 0.3 is 5.97 Å². The van der Waals surface area contributed by atoms with Crippen LogP contribution in [0, 0.1) is 0 Å². The van der Waals surface area contributed by atoms with Crippen LogP contribution < -0.4 is 0 Å². The Bertz CT molecular complexity index is 287. The summed E-state index contributed by atoms with van der Waals surface area (Å²) >= 11 is 0. The Kier molecular flexibility index (Phi) is 10.9. The van der Waals surface area contributed by atoms with Gasteiger partial charge in [-0.2, -0.15) is 0 Å². The van der Waals surface area contributed by atoms with Gasteiger partial charge in [-0.05, 0) is 6.42 Å². The van der Waals surface area contributed by atoms with Gasteiger partial charge in [-0.1, -0.05) is 51.9 Å². The number of carbonyl (C=O) groups excluding carboxylic acids is 1. The number of nitrogens with zero attached hydrogens (tertiary/aromatic N) is 1. The molecule has 0 saturated carbocycles. The second kappa shape index (κ2) is 11.8. The Labute approximate surface area is 116 Å². The maximum Gasteiger partial charge on any atom is 0.328 e. The van der Waals surface area contributed by atoms with Crippen LogP contribution >= 0.6 is 0 Å². The molecule has 0 heterocycles. The van der Waals surface area contributed by atoms with Gasteiger partial charge in [-0.25, -0.2) is 4.79 Å². The zero-order chi connectivity index (χ0) is 14.5. The third kappa shape index (κ3) is 11.5. The standard InChI is InChI=1S/C15H27NO3/c1-3-4-5-6-7-8-9-10-13-16(2)14(17)11-12-15(18)19/h11-12H,3-10,13H2,1-2H3,(H,18,19)/b12-11+. The first-order valence-corrected chi connectivity index (χ1v) is 7.24. The van der Waals surface area contributed by atoms with Gasteiger partial charge in [0.1, 0.15) is 0 Å². The van der Waals surface area contributed by atoms with E-state index in [1.165, 1.54) is 38.5 Å². The second-order valence-corrected chi connectivity index (χ2v) is 4.91. The van der Waals surface area contributed by atoms with Crippen molar-refractivity contribution in [3.8, 4) is 0 Å². The van der Waals surface area contributed by atoms with E-state index in [1.54, 1.807) is 11.9 Å². The fourth-order valence-corrected chi connectivity index (χ4v) is 1.86. The number of amides is 1. The van der Waals surface area contributed by atoms with Gasteiger partial charge in [0.2, 0.25) is 5.91 Å². The van der Waals surface area contributed by atoms with E-state index in [-0.39, 0.29) is 5.91 Å². The molecule has 0 aliphatic rings. The smallest absolute Gasteiger partial charge is 0.328 e. The molecule has 0 radical (unpaired) electrons. The summed E-state index contributed by atoms with van der Waals surface area (Å²) in [5, 5.41) is 8.42. The van der Waals surface area contributed by atoms with E-state index in [0.717, 1.165) is 25.0 Å². The predicted octanol–water partition coefficient (Wildman–Crippen LogP) is 3.23. The molecule has 4 nitrogen and oxygen atoms in total. The molecule has 0 rings (SSSR count). The van der Waals surface area contributed by atoms with Gasteiger partial charge in [-0.15, -0.1) is 0 Å². The SMILES string of the molecule is CCCCCCCCCCN(C)C(=O)/C=C/C(=O)O. The average Bonchev–Trinajstić information content (AvgIpc) is 2.38. The topological polar surface area (TPSA) is 57.6 Å². The molecule has 0 saturated heterocycles. The van der Waals surface area contributed by atoms with Crippen molar-refractivity contribution < 1.29 is 14.7 Å². The highest BCUT2D eigenvalue weighted by Crippen LogP contribution is 2.08. The lowest BCUT2D eigenvalue weighted by molar-refractivity contribution is -0.132. The summed E-state index contributed by atoms with van der Waals surface area (Å²) in [6.07, 6.45) is 11.8. The molecule has 1 amide bonds. The normalized spacial score (nSPS) is 10.8. The van der Waals surface area contributed by atoms with Crippen molar-refractivity contribution in [1.82, 2.24) is 4.90 Å². The number of carboxylic acid groups (broad SMARTS) is 1. The van der Waals surface area contributed by atoms with Gasteiger partial charge in [0, 0.05) is 25.7 Å². The third-order valence-corrected chi connectivity index (χ3v) is 3.09. The van der Waals surface area contributed by atoms with E-state index < -0.39 is 5.97 Å². The maximum absolute atomic E-state index is 11.5. The predicted molar refractivity (Wildman–Crippen MR) is 77.0 cm³/mol.